The van der Waals surface area contributed by atoms with E-state index in [1.807, 2.05) is 0 Å². The standard InChI is InChI=1S/C6H7NO6S2.Ca.2H/c7-5-3-4(14(8,9)10)1-2-6(5)15(11,12)13;;;/h1-3H,7H2,(H,8,9,10)(H,11,12,13);;;/q;+2;2*-1. The number of benzene rings is 1. The van der Waals surface area contributed by atoms with Crippen LogP contribution in [0.4, 0.5) is 5.69 Å². The Morgan fingerprint density at radius 2 is 1.56 bits per heavy atom. The maximum atomic E-state index is 10.7. The van der Waals surface area contributed by atoms with Gasteiger partial charge in [-0.1, -0.05) is 0 Å². The average Bonchev–Trinajstić information content (AvgIpc) is 1.99. The third kappa shape index (κ3) is 3.84. The molecular weight excluding hydrogens is 286 g/mol. The number of nitrogens with two attached hydrogens (primary N) is 1. The van der Waals surface area contributed by atoms with Crippen LogP contribution in [0, 0.1) is 0 Å². The Morgan fingerprint density at radius 1 is 1.06 bits per heavy atom. The first-order valence-electron chi connectivity index (χ1n) is 3.47. The Bertz CT molecular complexity index is 603. The summed E-state index contributed by atoms with van der Waals surface area (Å²) in [6, 6.07) is 2.33. The molecule has 0 fully saturated rings. The van der Waals surface area contributed by atoms with Gasteiger partial charge in [0.2, 0.25) is 0 Å². The Morgan fingerprint density at radius 3 is 1.88 bits per heavy atom. The molecule has 0 unspecified atom stereocenters. The van der Waals surface area contributed by atoms with Crippen LogP contribution in [-0.4, -0.2) is 63.7 Å². The molecule has 0 saturated carbocycles. The van der Waals surface area contributed by atoms with Gasteiger partial charge in [-0.15, -0.1) is 0 Å². The van der Waals surface area contributed by atoms with Crippen LogP contribution in [0.15, 0.2) is 28.0 Å². The van der Waals surface area contributed by atoms with E-state index in [9.17, 15) is 16.8 Å². The van der Waals surface area contributed by atoms with Gasteiger partial charge in [0, 0.05) is 0 Å². The molecule has 0 spiro atoms. The number of anilines is 1. The Hall–Kier alpha value is 0.0997. The largest absolute Gasteiger partial charge is 2.00 e. The van der Waals surface area contributed by atoms with E-state index in [-0.39, 0.29) is 40.6 Å². The van der Waals surface area contributed by atoms with Gasteiger partial charge in [0.05, 0.1) is 10.6 Å². The van der Waals surface area contributed by atoms with Crippen molar-refractivity contribution in [3.63, 3.8) is 0 Å². The second kappa shape index (κ2) is 5.17. The molecular formula is C6H9CaNO6S2. The van der Waals surface area contributed by atoms with Crippen LogP contribution in [0.1, 0.15) is 2.85 Å². The van der Waals surface area contributed by atoms with E-state index in [1.165, 1.54) is 0 Å². The molecule has 0 heterocycles. The fourth-order valence-corrected chi connectivity index (χ4v) is 2.03. The van der Waals surface area contributed by atoms with Crippen LogP contribution in [0.2, 0.25) is 0 Å². The molecule has 0 aliphatic rings. The zero-order valence-electron chi connectivity index (χ0n) is 9.86. The number of rotatable bonds is 2. The van der Waals surface area contributed by atoms with Gasteiger partial charge in [0.25, 0.3) is 20.2 Å². The van der Waals surface area contributed by atoms with E-state index in [4.69, 9.17) is 14.8 Å². The second-order valence-electron chi connectivity index (χ2n) is 2.65. The van der Waals surface area contributed by atoms with E-state index in [0.29, 0.717) is 0 Å². The maximum Gasteiger partial charge on any atom is 2.00 e. The topological polar surface area (TPSA) is 135 Å². The van der Waals surface area contributed by atoms with Gasteiger partial charge in [-0.05, 0) is 18.2 Å². The number of hydrogen-bond acceptors (Lipinski definition) is 5. The molecule has 10 heteroatoms. The van der Waals surface area contributed by atoms with Crippen molar-refractivity contribution >= 4 is 63.7 Å². The van der Waals surface area contributed by atoms with E-state index in [0.717, 1.165) is 18.2 Å². The summed E-state index contributed by atoms with van der Waals surface area (Å²) in [5, 5.41) is 0. The molecule has 0 atom stereocenters. The maximum absolute atomic E-state index is 10.7. The van der Waals surface area contributed by atoms with Crippen molar-refractivity contribution in [2.75, 3.05) is 5.73 Å². The molecule has 16 heavy (non-hydrogen) atoms. The van der Waals surface area contributed by atoms with Crippen LogP contribution in [0.25, 0.3) is 0 Å². The average molecular weight is 295 g/mol. The third-order valence-electron chi connectivity index (χ3n) is 1.56. The predicted molar refractivity (Wildman–Crippen MR) is 58.5 cm³/mol. The molecule has 0 bridgehead atoms. The van der Waals surface area contributed by atoms with Crippen molar-refractivity contribution in [3.8, 4) is 0 Å². The molecule has 0 aliphatic carbocycles. The van der Waals surface area contributed by atoms with Gasteiger partial charge in [-0.25, -0.2) is 0 Å². The van der Waals surface area contributed by atoms with Crippen molar-refractivity contribution in [2.24, 2.45) is 0 Å². The summed E-state index contributed by atoms with van der Waals surface area (Å²) in [4.78, 5) is -1.16. The molecule has 1 aromatic rings. The summed E-state index contributed by atoms with van der Waals surface area (Å²) < 4.78 is 59.9. The minimum Gasteiger partial charge on any atom is -1.00 e. The number of nitrogen functional groups attached to an aromatic ring is 1. The molecule has 0 aliphatic heterocycles. The van der Waals surface area contributed by atoms with Gasteiger partial charge >= 0.3 is 37.7 Å². The summed E-state index contributed by atoms with van der Waals surface area (Å²) in [6.45, 7) is 0. The molecule has 1 aromatic carbocycles. The summed E-state index contributed by atoms with van der Waals surface area (Å²) in [5.41, 5.74) is 4.72. The van der Waals surface area contributed by atoms with Crippen LogP contribution >= 0.6 is 0 Å². The van der Waals surface area contributed by atoms with Gasteiger partial charge in [-0.2, -0.15) is 16.8 Å². The van der Waals surface area contributed by atoms with Gasteiger partial charge in [-0.3, -0.25) is 9.11 Å². The first-order valence-corrected chi connectivity index (χ1v) is 6.35. The van der Waals surface area contributed by atoms with E-state index >= 15 is 0 Å². The third-order valence-corrected chi connectivity index (χ3v) is 3.33. The predicted octanol–water partition coefficient (Wildman–Crippen LogP) is -0.394. The zero-order chi connectivity index (χ0) is 11.9. The van der Waals surface area contributed by atoms with Crippen LogP contribution in [0.3, 0.4) is 0 Å². The zero-order valence-corrected chi connectivity index (χ0v) is 11.7. The van der Waals surface area contributed by atoms with Crippen LogP contribution < -0.4 is 5.73 Å². The molecule has 4 N–H and O–H groups in total. The molecule has 0 saturated heterocycles. The molecule has 88 valence electrons. The van der Waals surface area contributed by atoms with Crippen molar-refractivity contribution in [2.45, 2.75) is 9.79 Å². The van der Waals surface area contributed by atoms with Crippen LogP contribution in [-0.2, 0) is 20.2 Å². The van der Waals surface area contributed by atoms with Crippen molar-refractivity contribution < 1.29 is 28.8 Å². The van der Waals surface area contributed by atoms with Crippen molar-refractivity contribution in [3.05, 3.63) is 18.2 Å². The van der Waals surface area contributed by atoms with E-state index < -0.39 is 35.7 Å². The minimum absolute atomic E-state index is 0. The number of hydrogen-bond donors (Lipinski definition) is 3. The smallest absolute Gasteiger partial charge is 1.00 e. The first-order chi connectivity index (χ1) is 6.62. The summed E-state index contributed by atoms with van der Waals surface area (Å²) >= 11 is 0. The quantitative estimate of drug-likeness (QED) is 0.384. The Balaban J connectivity index is -0.000000750. The van der Waals surface area contributed by atoms with Crippen molar-refractivity contribution in [1.29, 1.82) is 0 Å². The Kier molecular flexibility index (Phi) is 5.20. The first kappa shape index (κ1) is 16.1. The fraction of sp³-hybridized carbons (Fsp3) is 0. The second-order valence-corrected chi connectivity index (χ2v) is 5.46. The normalized spacial score (nSPS) is 11.9. The summed E-state index contributed by atoms with van der Waals surface area (Å²) in [5.74, 6) is 0. The van der Waals surface area contributed by atoms with Gasteiger partial charge < -0.3 is 8.59 Å². The summed E-state index contributed by atoms with van der Waals surface area (Å²) in [7, 11) is -8.94. The fourth-order valence-electron chi connectivity index (χ4n) is 0.922. The van der Waals surface area contributed by atoms with Gasteiger partial charge in [0.15, 0.2) is 0 Å². The summed E-state index contributed by atoms with van der Waals surface area (Å²) in [6.07, 6.45) is 0. The molecule has 0 aromatic heterocycles. The monoisotopic (exact) mass is 295 g/mol. The molecule has 7 nitrogen and oxygen atoms in total. The minimum atomic E-state index is -4.50. The molecule has 1 rings (SSSR count). The molecule has 0 radical (unpaired) electrons. The van der Waals surface area contributed by atoms with Crippen molar-refractivity contribution in [1.82, 2.24) is 0 Å². The Labute approximate surface area is 125 Å². The SMILES string of the molecule is Nc1cc(S(=O)(=O)O)ccc1S(=O)(=O)O.[Ca+2].[H-].[H-]. The molecule has 0 amide bonds. The van der Waals surface area contributed by atoms with Crippen LogP contribution in [0.5, 0.6) is 0 Å². The van der Waals surface area contributed by atoms with E-state index in [1.54, 1.807) is 0 Å². The van der Waals surface area contributed by atoms with E-state index in [2.05, 4.69) is 0 Å². The van der Waals surface area contributed by atoms with Gasteiger partial charge in [0.1, 0.15) is 4.90 Å².